The van der Waals surface area contributed by atoms with Gasteiger partial charge in [0.1, 0.15) is 0 Å². The Kier molecular flexibility index (Phi) is 3.66. The molecule has 2 aromatic rings. The molecular formula is C14H14N2O3. The molecule has 0 radical (unpaired) electrons. The van der Waals surface area contributed by atoms with Crippen LogP contribution in [0.1, 0.15) is 23.0 Å². The van der Waals surface area contributed by atoms with Gasteiger partial charge in [0.25, 0.3) is 5.91 Å². The zero-order valence-electron chi connectivity index (χ0n) is 10.7. The summed E-state index contributed by atoms with van der Waals surface area (Å²) >= 11 is 0. The van der Waals surface area contributed by atoms with Crippen LogP contribution in [-0.4, -0.2) is 11.8 Å². The van der Waals surface area contributed by atoms with E-state index < -0.39 is 0 Å². The van der Waals surface area contributed by atoms with Crippen molar-refractivity contribution in [2.75, 3.05) is 10.6 Å². The number of carbonyl (C=O) groups excluding carboxylic acids is 2. The Labute approximate surface area is 110 Å². The summed E-state index contributed by atoms with van der Waals surface area (Å²) in [5.74, 6) is -0.236. The lowest BCUT2D eigenvalue weighted by atomic mass is 10.2. The standard InChI is InChI=1S/C14H14N2O3/c1-9-6-13(19-8-9)14(18)16-12-5-3-4-11(7-12)15-10(2)17/h3-8H,1-2H3,(H,15,17)(H,16,18). The third-order valence-electron chi connectivity index (χ3n) is 2.40. The van der Waals surface area contributed by atoms with Crippen LogP contribution in [0.2, 0.25) is 0 Å². The Morgan fingerprint density at radius 1 is 1.11 bits per heavy atom. The van der Waals surface area contributed by atoms with E-state index in [9.17, 15) is 9.59 Å². The normalized spacial score (nSPS) is 10.0. The minimum atomic E-state index is -0.326. The Morgan fingerprint density at radius 3 is 2.37 bits per heavy atom. The van der Waals surface area contributed by atoms with Gasteiger partial charge in [-0.15, -0.1) is 0 Å². The molecule has 0 fully saturated rings. The van der Waals surface area contributed by atoms with Crippen molar-refractivity contribution >= 4 is 23.2 Å². The first-order chi connectivity index (χ1) is 9.04. The maximum atomic E-state index is 11.9. The van der Waals surface area contributed by atoms with E-state index >= 15 is 0 Å². The summed E-state index contributed by atoms with van der Waals surface area (Å²) in [6.07, 6.45) is 1.52. The Hall–Kier alpha value is -2.56. The summed E-state index contributed by atoms with van der Waals surface area (Å²) in [6, 6.07) is 8.56. The SMILES string of the molecule is CC(=O)Nc1cccc(NC(=O)c2cc(C)co2)c1. The van der Waals surface area contributed by atoms with Gasteiger partial charge in [-0.25, -0.2) is 0 Å². The second-order valence-corrected chi connectivity index (χ2v) is 4.20. The van der Waals surface area contributed by atoms with Crippen LogP contribution in [-0.2, 0) is 4.79 Å². The van der Waals surface area contributed by atoms with Crippen molar-refractivity contribution in [2.45, 2.75) is 13.8 Å². The molecule has 0 aliphatic rings. The van der Waals surface area contributed by atoms with Gasteiger partial charge in [0.15, 0.2) is 5.76 Å². The molecule has 2 N–H and O–H groups in total. The zero-order valence-corrected chi connectivity index (χ0v) is 10.7. The van der Waals surface area contributed by atoms with E-state index in [0.717, 1.165) is 5.56 Å². The van der Waals surface area contributed by atoms with Crippen molar-refractivity contribution in [3.05, 3.63) is 47.9 Å². The molecule has 0 bridgehead atoms. The second kappa shape index (κ2) is 5.39. The third-order valence-corrected chi connectivity index (χ3v) is 2.40. The average molecular weight is 258 g/mol. The molecule has 0 spiro atoms. The van der Waals surface area contributed by atoms with E-state index in [-0.39, 0.29) is 17.6 Å². The fourth-order valence-corrected chi connectivity index (χ4v) is 1.62. The second-order valence-electron chi connectivity index (χ2n) is 4.20. The van der Waals surface area contributed by atoms with Gasteiger partial charge in [0.2, 0.25) is 5.91 Å². The van der Waals surface area contributed by atoms with Crippen molar-refractivity contribution < 1.29 is 14.0 Å². The minimum absolute atomic E-state index is 0.162. The Morgan fingerprint density at radius 2 is 1.79 bits per heavy atom. The molecule has 2 amide bonds. The number of hydrogen-bond acceptors (Lipinski definition) is 3. The lowest BCUT2D eigenvalue weighted by Gasteiger charge is -2.06. The van der Waals surface area contributed by atoms with Crippen LogP contribution >= 0.6 is 0 Å². The van der Waals surface area contributed by atoms with E-state index in [2.05, 4.69) is 10.6 Å². The smallest absolute Gasteiger partial charge is 0.291 e. The summed E-state index contributed by atoms with van der Waals surface area (Å²) in [5, 5.41) is 5.35. The molecule has 0 atom stereocenters. The van der Waals surface area contributed by atoms with Crippen LogP contribution in [0.4, 0.5) is 11.4 Å². The lowest BCUT2D eigenvalue weighted by Crippen LogP contribution is -2.11. The first-order valence-electron chi connectivity index (χ1n) is 5.79. The number of amides is 2. The van der Waals surface area contributed by atoms with E-state index in [1.165, 1.54) is 13.2 Å². The Balaban J connectivity index is 2.10. The monoisotopic (exact) mass is 258 g/mol. The molecule has 0 aliphatic heterocycles. The predicted octanol–water partition coefficient (Wildman–Crippen LogP) is 2.80. The highest BCUT2D eigenvalue weighted by molar-refractivity contribution is 6.02. The third kappa shape index (κ3) is 3.45. The highest BCUT2D eigenvalue weighted by Gasteiger charge is 2.10. The van der Waals surface area contributed by atoms with Crippen molar-refractivity contribution in [1.82, 2.24) is 0 Å². The van der Waals surface area contributed by atoms with E-state index in [0.29, 0.717) is 11.4 Å². The van der Waals surface area contributed by atoms with Crippen molar-refractivity contribution in [2.24, 2.45) is 0 Å². The zero-order chi connectivity index (χ0) is 13.8. The van der Waals surface area contributed by atoms with Crippen molar-refractivity contribution in [3.63, 3.8) is 0 Å². The highest BCUT2D eigenvalue weighted by Crippen LogP contribution is 2.16. The molecule has 2 rings (SSSR count). The van der Waals surface area contributed by atoms with E-state index in [1.54, 1.807) is 30.3 Å². The highest BCUT2D eigenvalue weighted by atomic mass is 16.3. The van der Waals surface area contributed by atoms with Crippen molar-refractivity contribution in [3.8, 4) is 0 Å². The van der Waals surface area contributed by atoms with Crippen LogP contribution in [0.5, 0.6) is 0 Å². The first kappa shape index (κ1) is 12.9. The van der Waals surface area contributed by atoms with Crippen LogP contribution in [0.3, 0.4) is 0 Å². The fourth-order valence-electron chi connectivity index (χ4n) is 1.62. The summed E-state index contributed by atoms with van der Waals surface area (Å²) in [4.78, 5) is 22.8. The number of furan rings is 1. The molecule has 1 heterocycles. The number of aryl methyl sites for hydroxylation is 1. The molecule has 5 nitrogen and oxygen atoms in total. The maximum absolute atomic E-state index is 11.9. The van der Waals surface area contributed by atoms with Gasteiger partial charge in [0, 0.05) is 18.3 Å². The predicted molar refractivity (Wildman–Crippen MR) is 72.1 cm³/mol. The number of carbonyl (C=O) groups is 2. The molecule has 0 aliphatic carbocycles. The average Bonchev–Trinajstić information content (AvgIpc) is 2.75. The number of benzene rings is 1. The first-order valence-corrected chi connectivity index (χ1v) is 5.79. The fraction of sp³-hybridized carbons (Fsp3) is 0.143. The summed E-state index contributed by atoms with van der Waals surface area (Å²) in [5.41, 5.74) is 2.10. The number of rotatable bonds is 3. The van der Waals surface area contributed by atoms with Crippen LogP contribution < -0.4 is 10.6 Å². The number of anilines is 2. The van der Waals surface area contributed by atoms with Gasteiger partial charge in [-0.3, -0.25) is 9.59 Å². The summed E-state index contributed by atoms with van der Waals surface area (Å²) in [6.45, 7) is 3.27. The van der Waals surface area contributed by atoms with Crippen LogP contribution in [0.15, 0.2) is 41.0 Å². The lowest BCUT2D eigenvalue weighted by molar-refractivity contribution is -0.114. The maximum Gasteiger partial charge on any atom is 0.291 e. The molecule has 0 unspecified atom stereocenters. The molecule has 19 heavy (non-hydrogen) atoms. The topological polar surface area (TPSA) is 71.3 Å². The molecule has 0 saturated heterocycles. The number of nitrogens with one attached hydrogen (secondary N) is 2. The quantitative estimate of drug-likeness (QED) is 0.889. The molecule has 1 aromatic heterocycles. The molecule has 98 valence electrons. The van der Waals surface area contributed by atoms with Gasteiger partial charge in [-0.1, -0.05) is 6.07 Å². The summed E-state index contributed by atoms with van der Waals surface area (Å²) < 4.78 is 5.11. The van der Waals surface area contributed by atoms with Crippen molar-refractivity contribution in [1.29, 1.82) is 0 Å². The number of hydrogen-bond donors (Lipinski definition) is 2. The molecule has 1 aromatic carbocycles. The van der Waals surface area contributed by atoms with E-state index in [4.69, 9.17) is 4.42 Å². The van der Waals surface area contributed by atoms with E-state index in [1.807, 2.05) is 6.92 Å². The molecule has 5 heteroatoms. The molecule has 0 saturated carbocycles. The largest absolute Gasteiger partial charge is 0.459 e. The Bertz CT molecular complexity index is 617. The van der Waals surface area contributed by atoms with Crippen LogP contribution in [0, 0.1) is 6.92 Å². The molecular weight excluding hydrogens is 244 g/mol. The minimum Gasteiger partial charge on any atom is -0.459 e. The van der Waals surface area contributed by atoms with Gasteiger partial charge >= 0.3 is 0 Å². The van der Waals surface area contributed by atoms with Gasteiger partial charge in [-0.2, -0.15) is 0 Å². The van der Waals surface area contributed by atoms with Gasteiger partial charge in [0.05, 0.1) is 6.26 Å². The van der Waals surface area contributed by atoms with Gasteiger partial charge in [-0.05, 0) is 36.8 Å². The van der Waals surface area contributed by atoms with Gasteiger partial charge < -0.3 is 15.1 Å². The summed E-state index contributed by atoms with van der Waals surface area (Å²) in [7, 11) is 0. The van der Waals surface area contributed by atoms with Crippen LogP contribution in [0.25, 0.3) is 0 Å².